The second kappa shape index (κ2) is 8.11. The van der Waals surface area contributed by atoms with Gasteiger partial charge in [-0.1, -0.05) is 12.1 Å². The van der Waals surface area contributed by atoms with Gasteiger partial charge in [0.2, 0.25) is 5.89 Å². The molecule has 3 rings (SSSR count). The zero-order valence-electron chi connectivity index (χ0n) is 14.6. The Balaban J connectivity index is 1.55. The number of methoxy groups -OCH3 is 1. The second-order valence-electron chi connectivity index (χ2n) is 6.32. The summed E-state index contributed by atoms with van der Waals surface area (Å²) in [6.45, 7) is 4.16. The monoisotopic (exact) mass is 345 g/mol. The smallest absolute Gasteiger partial charge is 0.311 e. The Morgan fingerprint density at radius 3 is 3.08 bits per heavy atom. The van der Waals surface area contributed by atoms with Crippen LogP contribution >= 0.6 is 0 Å². The minimum atomic E-state index is -0.227. The number of likely N-dealkylation sites (tertiary alicyclic amines) is 1. The summed E-state index contributed by atoms with van der Waals surface area (Å²) in [5.74, 6) is 1.26. The fraction of sp³-hybridized carbons (Fsp3) is 0.500. The SMILES string of the molecule is COCc1nnc(C(=O)N2CCCC(COc3cccc(C)c3)C2)o1. The molecule has 1 fully saturated rings. The highest BCUT2D eigenvalue weighted by atomic mass is 16.5. The number of rotatable bonds is 6. The fourth-order valence-electron chi connectivity index (χ4n) is 2.96. The van der Waals surface area contributed by atoms with Crippen molar-refractivity contribution in [1.29, 1.82) is 0 Å². The average molecular weight is 345 g/mol. The molecule has 7 nitrogen and oxygen atoms in total. The van der Waals surface area contributed by atoms with Crippen LogP contribution in [0.5, 0.6) is 5.75 Å². The van der Waals surface area contributed by atoms with E-state index in [2.05, 4.69) is 10.2 Å². The summed E-state index contributed by atoms with van der Waals surface area (Å²) in [4.78, 5) is 14.3. The molecule has 7 heteroatoms. The number of benzene rings is 1. The van der Waals surface area contributed by atoms with E-state index in [1.165, 1.54) is 12.7 Å². The maximum Gasteiger partial charge on any atom is 0.311 e. The van der Waals surface area contributed by atoms with Crippen molar-refractivity contribution in [2.24, 2.45) is 5.92 Å². The summed E-state index contributed by atoms with van der Waals surface area (Å²) in [5.41, 5.74) is 1.17. The standard InChI is InChI=1S/C18H23N3O4/c1-13-5-3-7-15(9-13)24-11-14-6-4-8-21(10-14)18(22)17-20-19-16(25-17)12-23-2/h3,5,7,9,14H,4,6,8,10-12H2,1-2H3. The van der Waals surface area contributed by atoms with Crippen molar-refractivity contribution in [3.8, 4) is 5.75 Å². The van der Waals surface area contributed by atoms with Crippen LogP contribution in [0.2, 0.25) is 0 Å². The Hall–Kier alpha value is -2.41. The minimum absolute atomic E-state index is 0.0207. The van der Waals surface area contributed by atoms with Crippen molar-refractivity contribution in [3.63, 3.8) is 0 Å². The summed E-state index contributed by atoms with van der Waals surface area (Å²) < 4.78 is 16.2. The van der Waals surface area contributed by atoms with E-state index in [1.54, 1.807) is 4.90 Å². The van der Waals surface area contributed by atoms with E-state index >= 15 is 0 Å². The van der Waals surface area contributed by atoms with Gasteiger partial charge in [0.15, 0.2) is 0 Å². The number of aromatic nitrogens is 2. The zero-order valence-corrected chi connectivity index (χ0v) is 14.6. The van der Waals surface area contributed by atoms with Crippen LogP contribution in [-0.4, -0.2) is 47.8 Å². The molecule has 1 unspecified atom stereocenters. The quantitative estimate of drug-likeness (QED) is 0.800. The number of amides is 1. The molecule has 0 radical (unpaired) electrons. The third-order valence-electron chi connectivity index (χ3n) is 4.20. The molecule has 25 heavy (non-hydrogen) atoms. The topological polar surface area (TPSA) is 77.7 Å². The number of hydrogen-bond acceptors (Lipinski definition) is 6. The Labute approximate surface area is 146 Å². The highest BCUT2D eigenvalue weighted by molar-refractivity contribution is 5.89. The van der Waals surface area contributed by atoms with Crippen LogP contribution in [0, 0.1) is 12.8 Å². The molecule has 1 aliphatic rings. The molecule has 1 aromatic heterocycles. The van der Waals surface area contributed by atoms with Gasteiger partial charge >= 0.3 is 11.8 Å². The first-order chi connectivity index (χ1) is 12.2. The van der Waals surface area contributed by atoms with Crippen molar-refractivity contribution in [2.45, 2.75) is 26.4 Å². The predicted molar refractivity (Wildman–Crippen MR) is 90.3 cm³/mol. The average Bonchev–Trinajstić information content (AvgIpc) is 3.09. The lowest BCUT2D eigenvalue weighted by atomic mass is 9.99. The normalized spacial score (nSPS) is 17.5. The molecule has 1 saturated heterocycles. The van der Waals surface area contributed by atoms with Gasteiger partial charge in [0.05, 0.1) is 6.61 Å². The van der Waals surface area contributed by atoms with Gasteiger partial charge in [-0.2, -0.15) is 0 Å². The van der Waals surface area contributed by atoms with Crippen molar-refractivity contribution in [1.82, 2.24) is 15.1 Å². The van der Waals surface area contributed by atoms with E-state index in [1.807, 2.05) is 31.2 Å². The molecule has 0 aliphatic carbocycles. The Morgan fingerprint density at radius 2 is 2.28 bits per heavy atom. The van der Waals surface area contributed by atoms with Crippen LogP contribution < -0.4 is 4.74 Å². The first kappa shape index (κ1) is 17.4. The van der Waals surface area contributed by atoms with E-state index in [0.717, 1.165) is 18.6 Å². The van der Waals surface area contributed by atoms with Gasteiger partial charge in [-0.15, -0.1) is 10.2 Å². The Morgan fingerprint density at radius 1 is 1.40 bits per heavy atom. The number of carbonyl (C=O) groups is 1. The van der Waals surface area contributed by atoms with E-state index in [4.69, 9.17) is 13.9 Å². The molecule has 0 spiro atoms. The maximum atomic E-state index is 12.5. The van der Waals surface area contributed by atoms with E-state index in [0.29, 0.717) is 31.5 Å². The van der Waals surface area contributed by atoms with Crippen LogP contribution in [0.1, 0.15) is 35.0 Å². The van der Waals surface area contributed by atoms with Crippen LogP contribution in [0.15, 0.2) is 28.7 Å². The summed E-state index contributed by atoms with van der Waals surface area (Å²) >= 11 is 0. The molecule has 1 aromatic carbocycles. The molecule has 2 aromatic rings. The molecule has 0 saturated carbocycles. The number of carbonyl (C=O) groups excluding carboxylic acids is 1. The predicted octanol–water partition coefficient (Wildman–Crippen LogP) is 2.46. The minimum Gasteiger partial charge on any atom is -0.493 e. The molecule has 1 amide bonds. The molecule has 0 N–H and O–H groups in total. The van der Waals surface area contributed by atoms with Crippen LogP contribution in [0.3, 0.4) is 0 Å². The summed E-state index contributed by atoms with van der Waals surface area (Å²) in [6, 6.07) is 7.99. The summed E-state index contributed by atoms with van der Waals surface area (Å²) in [5, 5.41) is 7.63. The van der Waals surface area contributed by atoms with Crippen molar-refractivity contribution in [2.75, 3.05) is 26.8 Å². The Bertz CT molecular complexity index is 716. The molecule has 1 aliphatic heterocycles. The van der Waals surface area contributed by atoms with E-state index in [-0.39, 0.29) is 18.4 Å². The first-order valence-corrected chi connectivity index (χ1v) is 8.46. The van der Waals surface area contributed by atoms with Gasteiger partial charge in [-0.3, -0.25) is 4.79 Å². The lowest BCUT2D eigenvalue weighted by Crippen LogP contribution is -2.41. The Kier molecular flexibility index (Phi) is 5.65. The number of nitrogens with zero attached hydrogens (tertiary/aromatic N) is 3. The third-order valence-corrected chi connectivity index (χ3v) is 4.20. The summed E-state index contributed by atoms with van der Waals surface area (Å²) in [7, 11) is 1.54. The molecular weight excluding hydrogens is 322 g/mol. The first-order valence-electron chi connectivity index (χ1n) is 8.46. The van der Waals surface area contributed by atoms with Crippen molar-refractivity contribution >= 4 is 5.91 Å². The number of piperidine rings is 1. The lowest BCUT2D eigenvalue weighted by molar-refractivity contribution is 0.0588. The van der Waals surface area contributed by atoms with Crippen LogP contribution in [0.25, 0.3) is 0 Å². The number of ether oxygens (including phenoxy) is 2. The number of aryl methyl sites for hydroxylation is 1. The molecular formula is C18H23N3O4. The lowest BCUT2D eigenvalue weighted by Gasteiger charge is -2.31. The largest absolute Gasteiger partial charge is 0.493 e. The zero-order chi connectivity index (χ0) is 17.6. The van der Waals surface area contributed by atoms with E-state index in [9.17, 15) is 4.79 Å². The van der Waals surface area contributed by atoms with Crippen molar-refractivity contribution in [3.05, 3.63) is 41.6 Å². The van der Waals surface area contributed by atoms with Crippen LogP contribution in [-0.2, 0) is 11.3 Å². The highest BCUT2D eigenvalue weighted by Crippen LogP contribution is 2.21. The van der Waals surface area contributed by atoms with Gasteiger partial charge in [0, 0.05) is 26.1 Å². The fourth-order valence-corrected chi connectivity index (χ4v) is 2.96. The third kappa shape index (κ3) is 4.57. The molecule has 134 valence electrons. The highest BCUT2D eigenvalue weighted by Gasteiger charge is 2.28. The van der Waals surface area contributed by atoms with Gasteiger partial charge in [-0.05, 0) is 37.5 Å². The summed E-state index contributed by atoms with van der Waals surface area (Å²) in [6.07, 6.45) is 1.97. The van der Waals surface area contributed by atoms with Crippen LogP contribution in [0.4, 0.5) is 0 Å². The van der Waals surface area contributed by atoms with Gasteiger partial charge < -0.3 is 18.8 Å². The molecule has 1 atom stereocenters. The van der Waals surface area contributed by atoms with Gasteiger partial charge in [0.25, 0.3) is 0 Å². The van der Waals surface area contributed by atoms with Gasteiger partial charge in [0.1, 0.15) is 12.4 Å². The second-order valence-corrected chi connectivity index (χ2v) is 6.32. The molecule has 0 bridgehead atoms. The maximum absolute atomic E-state index is 12.5. The molecule has 2 heterocycles. The van der Waals surface area contributed by atoms with E-state index < -0.39 is 0 Å². The van der Waals surface area contributed by atoms with Crippen molar-refractivity contribution < 1.29 is 18.7 Å². The number of hydrogen-bond donors (Lipinski definition) is 0. The van der Waals surface area contributed by atoms with Gasteiger partial charge in [-0.25, -0.2) is 0 Å².